The van der Waals surface area contributed by atoms with Gasteiger partial charge in [0.1, 0.15) is 11.8 Å². The standard InChI is InChI=1S/C17H22N4O4/c1-4-24-15(22)11-25-14-7-5-6-13(8-14)20-17(23)16(18-2)12-9-19-21(3)10-12/h5-10,16,18H,4,11H2,1-3H3,(H,20,23). The van der Waals surface area contributed by atoms with Crippen molar-refractivity contribution < 1.29 is 19.1 Å². The van der Waals surface area contributed by atoms with Gasteiger partial charge in [-0.2, -0.15) is 5.10 Å². The maximum absolute atomic E-state index is 12.5. The van der Waals surface area contributed by atoms with Crippen LogP contribution < -0.4 is 15.4 Å². The van der Waals surface area contributed by atoms with Crippen molar-refractivity contribution in [2.45, 2.75) is 13.0 Å². The number of nitrogens with zero attached hydrogens (tertiary/aromatic N) is 2. The Kier molecular flexibility index (Phi) is 6.53. The second kappa shape index (κ2) is 8.84. The molecule has 8 heteroatoms. The highest BCUT2D eigenvalue weighted by molar-refractivity contribution is 5.95. The lowest BCUT2D eigenvalue weighted by molar-refractivity contribution is -0.145. The minimum Gasteiger partial charge on any atom is -0.482 e. The fraction of sp³-hybridized carbons (Fsp3) is 0.353. The number of esters is 1. The molecule has 2 rings (SSSR count). The summed E-state index contributed by atoms with van der Waals surface area (Å²) in [5.41, 5.74) is 1.33. The number of amides is 1. The average Bonchev–Trinajstić information content (AvgIpc) is 3.00. The molecule has 0 aliphatic rings. The molecule has 2 aromatic rings. The number of carbonyl (C=O) groups excluding carboxylic acids is 2. The smallest absolute Gasteiger partial charge is 0.344 e. The first-order valence-corrected chi connectivity index (χ1v) is 7.88. The summed E-state index contributed by atoms with van der Waals surface area (Å²) in [5, 5.41) is 9.86. The maximum Gasteiger partial charge on any atom is 0.344 e. The van der Waals surface area contributed by atoms with Gasteiger partial charge in [-0.05, 0) is 26.1 Å². The molecule has 2 N–H and O–H groups in total. The van der Waals surface area contributed by atoms with Crippen LogP contribution in [0.1, 0.15) is 18.5 Å². The van der Waals surface area contributed by atoms with Crippen LogP contribution in [-0.2, 0) is 21.4 Å². The second-order valence-electron chi connectivity index (χ2n) is 5.28. The molecule has 1 amide bonds. The van der Waals surface area contributed by atoms with Gasteiger partial charge in [-0.1, -0.05) is 6.07 Å². The molecule has 0 radical (unpaired) electrons. The fourth-order valence-electron chi connectivity index (χ4n) is 2.26. The van der Waals surface area contributed by atoms with E-state index in [1.807, 2.05) is 0 Å². The van der Waals surface area contributed by atoms with E-state index in [2.05, 4.69) is 15.7 Å². The largest absolute Gasteiger partial charge is 0.482 e. The van der Waals surface area contributed by atoms with Crippen molar-refractivity contribution in [3.05, 3.63) is 42.2 Å². The quantitative estimate of drug-likeness (QED) is 0.699. The molecule has 0 saturated heterocycles. The highest BCUT2D eigenvalue weighted by atomic mass is 16.6. The lowest BCUT2D eigenvalue weighted by atomic mass is 10.1. The summed E-state index contributed by atoms with van der Waals surface area (Å²) >= 11 is 0. The predicted molar refractivity (Wildman–Crippen MR) is 92.2 cm³/mol. The van der Waals surface area contributed by atoms with Crippen LogP contribution in [0.2, 0.25) is 0 Å². The second-order valence-corrected chi connectivity index (χ2v) is 5.28. The van der Waals surface area contributed by atoms with Gasteiger partial charge < -0.3 is 20.1 Å². The molecule has 0 saturated carbocycles. The molecule has 0 fully saturated rings. The summed E-state index contributed by atoms with van der Waals surface area (Å²) in [6.07, 6.45) is 3.42. The lowest BCUT2D eigenvalue weighted by Gasteiger charge is -2.15. The van der Waals surface area contributed by atoms with E-state index < -0.39 is 12.0 Å². The van der Waals surface area contributed by atoms with Gasteiger partial charge in [0.2, 0.25) is 5.91 Å². The highest BCUT2D eigenvalue weighted by Gasteiger charge is 2.20. The van der Waals surface area contributed by atoms with Crippen molar-refractivity contribution in [2.75, 3.05) is 25.6 Å². The number of rotatable bonds is 8. The number of hydrogen-bond acceptors (Lipinski definition) is 6. The van der Waals surface area contributed by atoms with Gasteiger partial charge in [-0.25, -0.2) is 4.79 Å². The Bertz CT molecular complexity index is 729. The Hall–Kier alpha value is -2.87. The van der Waals surface area contributed by atoms with E-state index in [1.54, 1.807) is 62.4 Å². The van der Waals surface area contributed by atoms with E-state index in [1.165, 1.54) is 0 Å². The van der Waals surface area contributed by atoms with Crippen molar-refractivity contribution in [1.29, 1.82) is 0 Å². The molecule has 0 bridgehead atoms. The van der Waals surface area contributed by atoms with E-state index in [-0.39, 0.29) is 12.5 Å². The van der Waals surface area contributed by atoms with Crippen molar-refractivity contribution in [3.63, 3.8) is 0 Å². The van der Waals surface area contributed by atoms with Gasteiger partial charge in [-0.3, -0.25) is 9.48 Å². The van der Waals surface area contributed by atoms with E-state index in [0.29, 0.717) is 18.0 Å². The molecule has 25 heavy (non-hydrogen) atoms. The van der Waals surface area contributed by atoms with Gasteiger partial charge >= 0.3 is 5.97 Å². The zero-order valence-electron chi connectivity index (χ0n) is 14.5. The predicted octanol–water partition coefficient (Wildman–Crippen LogP) is 1.26. The Labute approximate surface area is 146 Å². The number of nitrogens with one attached hydrogen (secondary N) is 2. The van der Waals surface area contributed by atoms with Crippen LogP contribution in [0.25, 0.3) is 0 Å². The Morgan fingerprint density at radius 1 is 1.36 bits per heavy atom. The summed E-state index contributed by atoms with van der Waals surface area (Å²) in [6.45, 7) is 1.85. The molecule has 8 nitrogen and oxygen atoms in total. The molecule has 0 aliphatic carbocycles. The number of aromatic nitrogens is 2. The van der Waals surface area contributed by atoms with Crippen LogP contribution >= 0.6 is 0 Å². The minimum atomic E-state index is -0.530. The van der Waals surface area contributed by atoms with Gasteiger partial charge in [0.25, 0.3) is 0 Å². The number of ether oxygens (including phenoxy) is 2. The molecular formula is C17H22N4O4. The van der Waals surface area contributed by atoms with E-state index in [9.17, 15) is 9.59 Å². The highest BCUT2D eigenvalue weighted by Crippen LogP contribution is 2.20. The zero-order valence-corrected chi connectivity index (χ0v) is 14.5. The third kappa shape index (κ3) is 5.32. The van der Waals surface area contributed by atoms with Crippen LogP contribution in [0.5, 0.6) is 5.75 Å². The first kappa shape index (κ1) is 18.5. The van der Waals surface area contributed by atoms with Crippen molar-refractivity contribution >= 4 is 17.6 Å². The topological polar surface area (TPSA) is 94.5 Å². The fourth-order valence-corrected chi connectivity index (χ4v) is 2.26. The monoisotopic (exact) mass is 346 g/mol. The molecule has 134 valence electrons. The molecule has 0 aliphatic heterocycles. The average molecular weight is 346 g/mol. The van der Waals surface area contributed by atoms with Crippen LogP contribution in [0.15, 0.2) is 36.7 Å². The lowest BCUT2D eigenvalue weighted by Crippen LogP contribution is -2.30. The van der Waals surface area contributed by atoms with Crippen LogP contribution in [0, 0.1) is 0 Å². The van der Waals surface area contributed by atoms with Crippen molar-refractivity contribution in [3.8, 4) is 5.75 Å². The molecule has 1 atom stereocenters. The normalized spacial score (nSPS) is 11.6. The van der Waals surface area contributed by atoms with Crippen molar-refractivity contribution in [2.24, 2.45) is 7.05 Å². The molecular weight excluding hydrogens is 324 g/mol. The van der Waals surface area contributed by atoms with Crippen molar-refractivity contribution in [1.82, 2.24) is 15.1 Å². The minimum absolute atomic E-state index is 0.180. The number of hydrogen-bond donors (Lipinski definition) is 2. The number of carbonyl (C=O) groups is 2. The molecule has 1 heterocycles. The van der Waals surface area contributed by atoms with Gasteiger partial charge in [0.05, 0.1) is 12.8 Å². The van der Waals surface area contributed by atoms with Gasteiger partial charge in [-0.15, -0.1) is 0 Å². The number of benzene rings is 1. The number of anilines is 1. The SMILES string of the molecule is CCOC(=O)COc1cccc(NC(=O)C(NC)c2cnn(C)c2)c1. The summed E-state index contributed by atoms with van der Waals surface area (Å²) in [5.74, 6) is -0.199. The number of aryl methyl sites for hydroxylation is 1. The van der Waals surface area contributed by atoms with Gasteiger partial charge in [0.15, 0.2) is 6.61 Å². The Morgan fingerprint density at radius 3 is 2.80 bits per heavy atom. The van der Waals surface area contributed by atoms with Crippen LogP contribution in [0.4, 0.5) is 5.69 Å². The summed E-state index contributed by atoms with van der Waals surface area (Å²) in [4.78, 5) is 23.8. The van der Waals surface area contributed by atoms with E-state index in [4.69, 9.17) is 9.47 Å². The summed E-state index contributed by atoms with van der Waals surface area (Å²) in [7, 11) is 3.49. The molecule has 1 unspecified atom stereocenters. The summed E-state index contributed by atoms with van der Waals surface area (Å²) < 4.78 is 11.8. The molecule has 1 aromatic heterocycles. The Morgan fingerprint density at radius 2 is 2.16 bits per heavy atom. The number of likely N-dealkylation sites (N-methyl/N-ethyl adjacent to an activating group) is 1. The summed E-state index contributed by atoms with van der Waals surface area (Å²) in [6, 6.07) is 6.29. The van der Waals surface area contributed by atoms with E-state index in [0.717, 1.165) is 5.56 Å². The third-order valence-corrected chi connectivity index (χ3v) is 3.37. The van der Waals surface area contributed by atoms with Crippen LogP contribution in [-0.4, -0.2) is 41.9 Å². The molecule has 0 spiro atoms. The third-order valence-electron chi connectivity index (χ3n) is 3.37. The zero-order chi connectivity index (χ0) is 18.2. The first-order chi connectivity index (χ1) is 12.0. The van der Waals surface area contributed by atoms with Crippen LogP contribution in [0.3, 0.4) is 0 Å². The van der Waals surface area contributed by atoms with Gasteiger partial charge in [0, 0.05) is 30.6 Å². The van der Waals surface area contributed by atoms with E-state index >= 15 is 0 Å². The Balaban J connectivity index is 2.00. The maximum atomic E-state index is 12.5. The molecule has 1 aromatic carbocycles. The first-order valence-electron chi connectivity index (χ1n) is 7.88.